The molecule has 1 aromatic rings. The summed E-state index contributed by atoms with van der Waals surface area (Å²) < 4.78 is 16.1. The van der Waals surface area contributed by atoms with Gasteiger partial charge in [0, 0.05) is 38.2 Å². The van der Waals surface area contributed by atoms with E-state index in [-0.39, 0.29) is 25.2 Å². The Morgan fingerprint density at radius 3 is 2.69 bits per heavy atom. The first-order valence-electron chi connectivity index (χ1n) is 10.7. The van der Waals surface area contributed by atoms with Crippen LogP contribution in [0.25, 0.3) is 0 Å². The van der Waals surface area contributed by atoms with E-state index < -0.39 is 18.0 Å². The van der Waals surface area contributed by atoms with Crippen molar-refractivity contribution < 1.29 is 33.4 Å². The maximum absolute atomic E-state index is 12.9. The van der Waals surface area contributed by atoms with Gasteiger partial charge in [0.05, 0.1) is 13.2 Å². The van der Waals surface area contributed by atoms with Crippen molar-refractivity contribution in [2.24, 2.45) is 0 Å². The summed E-state index contributed by atoms with van der Waals surface area (Å²) in [6, 6.07) is 4.93. The smallest absolute Gasteiger partial charge is 0.309 e. The molecule has 0 aromatic heterocycles. The van der Waals surface area contributed by atoms with E-state index in [0.717, 1.165) is 13.0 Å². The molecule has 32 heavy (non-hydrogen) atoms. The number of ether oxygens (including phenoxy) is 3. The Labute approximate surface area is 184 Å². The van der Waals surface area contributed by atoms with Gasteiger partial charge in [-0.25, -0.2) is 0 Å². The van der Waals surface area contributed by atoms with Crippen LogP contribution in [0.3, 0.4) is 0 Å². The van der Waals surface area contributed by atoms with Crippen LogP contribution in [0.2, 0.25) is 0 Å². The monoisotopic (exact) mass is 446 g/mol. The Kier molecular flexibility index (Phi) is 6.74. The zero-order valence-corrected chi connectivity index (χ0v) is 17.6. The SMILES string of the molecule is O=C(NCCCN1CCCC1=O)C(=O)NC[C@H]1OCCN1C(=O)c1ccc2c(c1)OCO2. The van der Waals surface area contributed by atoms with Crippen LogP contribution in [0.4, 0.5) is 0 Å². The van der Waals surface area contributed by atoms with Crippen LogP contribution >= 0.6 is 0 Å². The number of amides is 4. The number of carbonyl (C=O) groups is 4. The molecule has 1 atom stereocenters. The van der Waals surface area contributed by atoms with Crippen molar-refractivity contribution >= 4 is 23.6 Å². The minimum atomic E-state index is -0.798. The van der Waals surface area contributed by atoms with Crippen LogP contribution in [-0.4, -0.2) is 85.8 Å². The number of rotatable bonds is 7. The highest BCUT2D eigenvalue weighted by Crippen LogP contribution is 2.33. The van der Waals surface area contributed by atoms with Gasteiger partial charge in [0.2, 0.25) is 12.7 Å². The largest absolute Gasteiger partial charge is 0.454 e. The van der Waals surface area contributed by atoms with Crippen molar-refractivity contribution in [3.63, 3.8) is 0 Å². The van der Waals surface area contributed by atoms with Gasteiger partial charge < -0.3 is 34.6 Å². The standard InChI is InChI=1S/C21H26N4O7/c26-17-3-1-7-24(17)8-2-6-22-19(27)20(28)23-12-18-25(9-10-30-18)21(29)14-4-5-15-16(11-14)32-13-31-15/h4-5,11,18H,1-3,6-10,12-13H2,(H,22,27)(H,23,28)/t18-/m1/s1. The van der Waals surface area contributed by atoms with Crippen LogP contribution in [0.5, 0.6) is 11.5 Å². The van der Waals surface area contributed by atoms with Crippen molar-refractivity contribution in [3.8, 4) is 11.5 Å². The molecular weight excluding hydrogens is 420 g/mol. The first-order valence-corrected chi connectivity index (χ1v) is 10.7. The van der Waals surface area contributed by atoms with Gasteiger partial charge >= 0.3 is 11.8 Å². The maximum atomic E-state index is 12.9. The van der Waals surface area contributed by atoms with Gasteiger partial charge in [-0.2, -0.15) is 0 Å². The van der Waals surface area contributed by atoms with E-state index >= 15 is 0 Å². The van der Waals surface area contributed by atoms with Gasteiger partial charge in [-0.3, -0.25) is 19.2 Å². The van der Waals surface area contributed by atoms with Crippen molar-refractivity contribution in [3.05, 3.63) is 23.8 Å². The molecule has 3 heterocycles. The van der Waals surface area contributed by atoms with E-state index in [1.165, 1.54) is 4.90 Å². The van der Waals surface area contributed by atoms with E-state index in [1.54, 1.807) is 23.1 Å². The maximum Gasteiger partial charge on any atom is 0.309 e. The minimum absolute atomic E-state index is 0.00910. The molecule has 172 valence electrons. The Morgan fingerprint density at radius 1 is 1.06 bits per heavy atom. The number of nitrogens with one attached hydrogen (secondary N) is 2. The lowest BCUT2D eigenvalue weighted by Crippen LogP contribution is -2.47. The summed E-state index contributed by atoms with van der Waals surface area (Å²) in [4.78, 5) is 51.8. The van der Waals surface area contributed by atoms with Gasteiger partial charge in [-0.1, -0.05) is 0 Å². The third-order valence-electron chi connectivity index (χ3n) is 5.58. The molecule has 2 fully saturated rings. The summed E-state index contributed by atoms with van der Waals surface area (Å²) in [6.45, 7) is 2.42. The molecule has 3 aliphatic rings. The highest BCUT2D eigenvalue weighted by molar-refractivity contribution is 6.35. The third-order valence-corrected chi connectivity index (χ3v) is 5.58. The predicted molar refractivity (Wildman–Crippen MR) is 110 cm³/mol. The summed E-state index contributed by atoms with van der Waals surface area (Å²) in [7, 11) is 0. The molecule has 2 saturated heterocycles. The molecule has 11 nitrogen and oxygen atoms in total. The number of benzene rings is 1. The highest BCUT2D eigenvalue weighted by Gasteiger charge is 2.32. The van der Waals surface area contributed by atoms with E-state index in [4.69, 9.17) is 14.2 Å². The molecule has 4 rings (SSSR count). The lowest BCUT2D eigenvalue weighted by Gasteiger charge is -2.23. The fraction of sp³-hybridized carbons (Fsp3) is 0.524. The fourth-order valence-electron chi connectivity index (χ4n) is 3.87. The fourth-order valence-corrected chi connectivity index (χ4v) is 3.87. The van der Waals surface area contributed by atoms with Gasteiger partial charge in [0.25, 0.3) is 5.91 Å². The van der Waals surface area contributed by atoms with Crippen LogP contribution < -0.4 is 20.1 Å². The normalized spacial score (nSPS) is 19.4. The van der Waals surface area contributed by atoms with E-state index in [0.29, 0.717) is 56.1 Å². The number of nitrogens with zero attached hydrogens (tertiary/aromatic N) is 2. The summed E-state index contributed by atoms with van der Waals surface area (Å²) in [5, 5.41) is 5.06. The minimum Gasteiger partial charge on any atom is -0.454 e. The zero-order chi connectivity index (χ0) is 22.5. The first-order chi connectivity index (χ1) is 15.5. The number of fused-ring (bicyclic) bond motifs is 1. The highest BCUT2D eigenvalue weighted by atomic mass is 16.7. The number of hydrogen-bond acceptors (Lipinski definition) is 7. The number of carbonyl (C=O) groups excluding carboxylic acids is 4. The molecule has 1 aromatic carbocycles. The molecule has 0 aliphatic carbocycles. The molecule has 0 saturated carbocycles. The Morgan fingerprint density at radius 2 is 1.88 bits per heavy atom. The second kappa shape index (κ2) is 9.86. The lowest BCUT2D eigenvalue weighted by atomic mass is 10.1. The number of likely N-dealkylation sites (tertiary alicyclic amines) is 1. The summed E-state index contributed by atoms with van der Waals surface area (Å²) in [5.74, 6) is -0.600. The van der Waals surface area contributed by atoms with Crippen LogP contribution in [0.1, 0.15) is 29.6 Å². The van der Waals surface area contributed by atoms with Crippen molar-refractivity contribution in [2.45, 2.75) is 25.5 Å². The Hall–Kier alpha value is -3.34. The summed E-state index contributed by atoms with van der Waals surface area (Å²) in [6.07, 6.45) is 1.34. The molecule has 2 N–H and O–H groups in total. The number of hydrogen-bond donors (Lipinski definition) is 2. The molecular formula is C21H26N4O7. The summed E-state index contributed by atoms with van der Waals surface area (Å²) >= 11 is 0. The average Bonchev–Trinajstić information content (AvgIpc) is 3.54. The van der Waals surface area contributed by atoms with Crippen molar-refractivity contribution in [1.29, 1.82) is 0 Å². The third kappa shape index (κ3) is 4.93. The van der Waals surface area contributed by atoms with Gasteiger partial charge in [0.1, 0.15) is 6.23 Å². The van der Waals surface area contributed by atoms with E-state index in [1.807, 2.05) is 0 Å². The Balaban J connectivity index is 1.21. The second-order valence-corrected chi connectivity index (χ2v) is 7.70. The van der Waals surface area contributed by atoms with Crippen molar-refractivity contribution in [2.75, 3.05) is 46.1 Å². The van der Waals surface area contributed by atoms with Crippen molar-refractivity contribution in [1.82, 2.24) is 20.4 Å². The van der Waals surface area contributed by atoms with E-state index in [9.17, 15) is 19.2 Å². The first kappa shape index (κ1) is 21.9. The van der Waals surface area contributed by atoms with Gasteiger partial charge in [0.15, 0.2) is 11.5 Å². The molecule has 4 amide bonds. The van der Waals surface area contributed by atoms with Crippen LogP contribution in [0, 0.1) is 0 Å². The van der Waals surface area contributed by atoms with E-state index in [2.05, 4.69) is 10.6 Å². The average molecular weight is 446 g/mol. The molecule has 0 unspecified atom stereocenters. The molecule has 0 bridgehead atoms. The lowest BCUT2D eigenvalue weighted by molar-refractivity contribution is -0.139. The molecule has 0 spiro atoms. The van der Waals surface area contributed by atoms with Crippen LogP contribution in [-0.2, 0) is 19.1 Å². The molecule has 0 radical (unpaired) electrons. The quantitative estimate of drug-likeness (QED) is 0.425. The second-order valence-electron chi connectivity index (χ2n) is 7.70. The predicted octanol–water partition coefficient (Wildman–Crippen LogP) is -0.541. The zero-order valence-electron chi connectivity index (χ0n) is 17.6. The van der Waals surface area contributed by atoms with Gasteiger partial charge in [-0.05, 0) is 31.0 Å². The van der Waals surface area contributed by atoms with Crippen LogP contribution in [0.15, 0.2) is 18.2 Å². The molecule has 3 aliphatic heterocycles. The van der Waals surface area contributed by atoms with Gasteiger partial charge in [-0.15, -0.1) is 0 Å². The Bertz CT molecular complexity index is 906. The topological polar surface area (TPSA) is 127 Å². The molecule has 11 heteroatoms. The summed E-state index contributed by atoms with van der Waals surface area (Å²) in [5.41, 5.74) is 0.422.